The molecule has 1 unspecified atom stereocenters. The third kappa shape index (κ3) is 3.18. The van der Waals surface area contributed by atoms with Crippen LogP contribution in [0.15, 0.2) is 18.3 Å². The number of hydrogen-bond donors (Lipinski definition) is 0. The largest absolute Gasteiger partial charge is 0.459 e. The molecule has 0 aromatic carbocycles. The van der Waals surface area contributed by atoms with Gasteiger partial charge in [-0.2, -0.15) is 0 Å². The van der Waals surface area contributed by atoms with Crippen LogP contribution in [0.5, 0.6) is 0 Å². The molecular weight excluding hydrogens is 330 g/mol. The molecule has 7 nitrogen and oxygen atoms in total. The molecule has 7 heteroatoms. The summed E-state index contributed by atoms with van der Waals surface area (Å²) in [6.07, 6.45) is 5.90. The van der Waals surface area contributed by atoms with Crippen molar-refractivity contribution in [3.63, 3.8) is 0 Å². The predicted octanol–water partition coefficient (Wildman–Crippen LogP) is 2.57. The van der Waals surface area contributed by atoms with Gasteiger partial charge in [0.05, 0.1) is 6.10 Å². The molecule has 0 N–H and O–H groups in total. The van der Waals surface area contributed by atoms with Gasteiger partial charge in [0.15, 0.2) is 0 Å². The van der Waals surface area contributed by atoms with Crippen LogP contribution in [0.3, 0.4) is 0 Å². The number of carbonyl (C=O) groups excluding carboxylic acids is 1. The van der Waals surface area contributed by atoms with E-state index in [1.807, 2.05) is 13.8 Å². The van der Waals surface area contributed by atoms with Gasteiger partial charge < -0.3 is 14.2 Å². The molecule has 1 atom stereocenters. The number of anilines is 1. The number of ether oxygens (including phenoxy) is 1. The number of fused-ring (bicyclic) bond motifs is 1. The smallest absolute Gasteiger partial charge is 0.342 e. The maximum atomic E-state index is 12.5. The van der Waals surface area contributed by atoms with Crippen LogP contribution in [0.2, 0.25) is 0 Å². The van der Waals surface area contributed by atoms with Crippen molar-refractivity contribution < 1.29 is 9.53 Å². The van der Waals surface area contributed by atoms with Crippen LogP contribution in [0.4, 0.5) is 5.82 Å². The summed E-state index contributed by atoms with van der Waals surface area (Å²) in [7, 11) is 0. The first-order chi connectivity index (χ1) is 12.6. The summed E-state index contributed by atoms with van der Waals surface area (Å²) < 4.78 is 7.67. The first-order valence-corrected chi connectivity index (χ1v) is 9.46. The van der Waals surface area contributed by atoms with Gasteiger partial charge in [0, 0.05) is 38.2 Å². The monoisotopic (exact) mass is 355 g/mol. The molecule has 2 aromatic rings. The van der Waals surface area contributed by atoms with E-state index in [0.29, 0.717) is 17.3 Å². The number of nitrogens with zero attached hydrogens (tertiary/aromatic N) is 5. The number of aromatic nitrogens is 4. The Kier molecular flexibility index (Phi) is 4.61. The minimum absolute atomic E-state index is 0.150. The highest BCUT2D eigenvalue weighted by Gasteiger charge is 2.30. The highest BCUT2D eigenvalue weighted by Crippen LogP contribution is 2.31. The second-order valence-corrected chi connectivity index (χ2v) is 7.34. The lowest BCUT2D eigenvalue weighted by Crippen LogP contribution is -2.37. The Morgan fingerprint density at radius 2 is 2.15 bits per heavy atom. The van der Waals surface area contributed by atoms with Crippen molar-refractivity contribution in [1.29, 1.82) is 0 Å². The molecule has 0 aliphatic carbocycles. The van der Waals surface area contributed by atoms with Crippen molar-refractivity contribution in [3.8, 4) is 0 Å². The summed E-state index contributed by atoms with van der Waals surface area (Å²) in [4.78, 5) is 19.2. The van der Waals surface area contributed by atoms with E-state index in [1.54, 1.807) is 18.3 Å². The van der Waals surface area contributed by atoms with E-state index in [2.05, 4.69) is 24.6 Å². The predicted molar refractivity (Wildman–Crippen MR) is 97.3 cm³/mol. The van der Waals surface area contributed by atoms with Crippen molar-refractivity contribution in [1.82, 2.24) is 19.7 Å². The minimum Gasteiger partial charge on any atom is -0.459 e. The molecule has 0 bridgehead atoms. The third-order valence-corrected chi connectivity index (χ3v) is 5.07. The molecule has 1 fully saturated rings. The van der Waals surface area contributed by atoms with Gasteiger partial charge >= 0.3 is 5.97 Å². The Labute approximate surface area is 153 Å². The van der Waals surface area contributed by atoms with Crippen molar-refractivity contribution in [2.75, 3.05) is 18.0 Å². The SMILES string of the molecule is CC(C)OC(=O)c1cccnc1N1CCCC(c2nnc3n2CCC3)C1. The van der Waals surface area contributed by atoms with Gasteiger partial charge in [-0.25, -0.2) is 9.78 Å². The molecular formula is C19H25N5O2. The molecule has 4 rings (SSSR count). The maximum Gasteiger partial charge on any atom is 0.342 e. The molecule has 2 aromatic heterocycles. The standard InChI is InChI=1S/C19H25N5O2/c1-13(2)26-19(25)15-7-3-9-20-18(15)23-10-4-6-14(12-23)17-22-21-16-8-5-11-24(16)17/h3,7,9,13-14H,4-6,8,10-12H2,1-2H3. The second kappa shape index (κ2) is 7.05. The van der Waals surface area contributed by atoms with Gasteiger partial charge in [-0.1, -0.05) is 0 Å². The van der Waals surface area contributed by atoms with E-state index in [9.17, 15) is 4.79 Å². The van der Waals surface area contributed by atoms with Crippen LogP contribution in [0.25, 0.3) is 0 Å². The highest BCUT2D eigenvalue weighted by molar-refractivity contribution is 5.94. The number of aryl methyl sites for hydroxylation is 1. The molecule has 0 amide bonds. The van der Waals surface area contributed by atoms with Gasteiger partial charge in [-0.3, -0.25) is 0 Å². The Hall–Kier alpha value is -2.44. The first-order valence-electron chi connectivity index (χ1n) is 9.46. The van der Waals surface area contributed by atoms with E-state index < -0.39 is 0 Å². The van der Waals surface area contributed by atoms with Gasteiger partial charge in [-0.05, 0) is 45.2 Å². The third-order valence-electron chi connectivity index (χ3n) is 5.07. The average molecular weight is 355 g/mol. The van der Waals surface area contributed by atoms with Crippen LogP contribution in [0, 0.1) is 0 Å². The summed E-state index contributed by atoms with van der Waals surface area (Å²) in [5.74, 6) is 2.91. The molecule has 1 saturated heterocycles. The molecule has 2 aliphatic rings. The summed E-state index contributed by atoms with van der Waals surface area (Å²) in [6.45, 7) is 6.42. The molecule has 0 radical (unpaired) electrons. The highest BCUT2D eigenvalue weighted by atomic mass is 16.5. The molecule has 2 aliphatic heterocycles. The summed E-state index contributed by atoms with van der Waals surface area (Å²) >= 11 is 0. The number of rotatable bonds is 4. The molecule has 138 valence electrons. The van der Waals surface area contributed by atoms with Crippen LogP contribution >= 0.6 is 0 Å². The number of piperidine rings is 1. The van der Waals surface area contributed by atoms with Gasteiger partial charge in [0.2, 0.25) is 0 Å². The maximum absolute atomic E-state index is 12.5. The van der Waals surface area contributed by atoms with Crippen molar-refractivity contribution >= 4 is 11.8 Å². The van der Waals surface area contributed by atoms with Gasteiger partial charge in [0.1, 0.15) is 23.0 Å². The lowest BCUT2D eigenvalue weighted by Gasteiger charge is -2.34. The molecule has 0 saturated carbocycles. The van der Waals surface area contributed by atoms with Crippen LogP contribution in [-0.2, 0) is 17.7 Å². The van der Waals surface area contributed by atoms with E-state index in [4.69, 9.17) is 4.74 Å². The topological polar surface area (TPSA) is 73.1 Å². The lowest BCUT2D eigenvalue weighted by molar-refractivity contribution is 0.0378. The minimum atomic E-state index is -0.311. The van der Waals surface area contributed by atoms with E-state index in [0.717, 1.165) is 57.0 Å². The number of hydrogen-bond acceptors (Lipinski definition) is 6. The fourth-order valence-electron chi connectivity index (χ4n) is 3.94. The van der Waals surface area contributed by atoms with Crippen LogP contribution < -0.4 is 4.90 Å². The first kappa shape index (κ1) is 17.0. The quantitative estimate of drug-likeness (QED) is 0.785. The second-order valence-electron chi connectivity index (χ2n) is 7.34. The summed E-state index contributed by atoms with van der Waals surface area (Å²) in [5, 5.41) is 8.81. The fourth-order valence-corrected chi connectivity index (χ4v) is 3.94. The van der Waals surface area contributed by atoms with E-state index in [1.165, 1.54) is 0 Å². The zero-order valence-corrected chi connectivity index (χ0v) is 15.4. The number of pyridine rings is 1. The number of carbonyl (C=O) groups is 1. The normalized spacial score (nSPS) is 19.7. The Balaban J connectivity index is 1.58. The molecule has 0 spiro atoms. The fraction of sp³-hybridized carbons (Fsp3) is 0.579. The zero-order chi connectivity index (χ0) is 18.1. The Morgan fingerprint density at radius 1 is 1.27 bits per heavy atom. The Morgan fingerprint density at radius 3 is 3.00 bits per heavy atom. The van der Waals surface area contributed by atoms with Crippen molar-refractivity contribution in [3.05, 3.63) is 35.5 Å². The van der Waals surface area contributed by atoms with Crippen LogP contribution in [0.1, 0.15) is 61.0 Å². The zero-order valence-electron chi connectivity index (χ0n) is 15.4. The van der Waals surface area contributed by atoms with Crippen molar-refractivity contribution in [2.45, 2.75) is 58.1 Å². The van der Waals surface area contributed by atoms with Gasteiger partial charge in [0.25, 0.3) is 0 Å². The van der Waals surface area contributed by atoms with E-state index >= 15 is 0 Å². The molecule has 4 heterocycles. The molecule has 26 heavy (non-hydrogen) atoms. The van der Waals surface area contributed by atoms with Crippen LogP contribution in [-0.4, -0.2) is 44.9 Å². The van der Waals surface area contributed by atoms with Gasteiger partial charge in [-0.15, -0.1) is 10.2 Å². The van der Waals surface area contributed by atoms with E-state index in [-0.39, 0.29) is 12.1 Å². The number of esters is 1. The van der Waals surface area contributed by atoms with Crippen molar-refractivity contribution in [2.24, 2.45) is 0 Å². The lowest BCUT2D eigenvalue weighted by atomic mass is 9.96. The summed E-state index contributed by atoms with van der Waals surface area (Å²) in [5.41, 5.74) is 0.535. The Bertz CT molecular complexity index is 801. The average Bonchev–Trinajstić information content (AvgIpc) is 3.25. The summed E-state index contributed by atoms with van der Waals surface area (Å²) in [6, 6.07) is 3.58.